The summed E-state index contributed by atoms with van der Waals surface area (Å²) < 4.78 is 5.19. The third-order valence-corrected chi connectivity index (χ3v) is 4.43. The van der Waals surface area contributed by atoms with Crippen molar-refractivity contribution < 1.29 is 9.53 Å². The molecular formula is C14H20O2. The summed E-state index contributed by atoms with van der Waals surface area (Å²) in [5.41, 5.74) is 0.157. The third kappa shape index (κ3) is 1.84. The summed E-state index contributed by atoms with van der Waals surface area (Å²) in [5, 5.41) is 0. The zero-order valence-electron chi connectivity index (χ0n) is 9.95. The average Bonchev–Trinajstić information content (AvgIpc) is 2.76. The van der Waals surface area contributed by atoms with Crippen LogP contribution in [0, 0.1) is 23.2 Å². The highest BCUT2D eigenvalue weighted by atomic mass is 16.5. The Morgan fingerprint density at radius 3 is 2.69 bits per heavy atom. The molecule has 3 aliphatic rings. The summed E-state index contributed by atoms with van der Waals surface area (Å²) in [4.78, 5) is 12.0. The Morgan fingerprint density at radius 2 is 2.19 bits per heavy atom. The molecular weight excluding hydrogens is 200 g/mol. The molecule has 1 saturated heterocycles. The maximum absolute atomic E-state index is 12.0. The highest BCUT2D eigenvalue weighted by Gasteiger charge is 2.39. The van der Waals surface area contributed by atoms with E-state index in [1.165, 1.54) is 12.8 Å². The normalized spacial score (nSPS) is 38.7. The first-order valence-electron chi connectivity index (χ1n) is 6.42. The molecule has 2 bridgehead atoms. The van der Waals surface area contributed by atoms with Crippen LogP contribution < -0.4 is 0 Å². The van der Waals surface area contributed by atoms with E-state index < -0.39 is 0 Å². The second-order valence-corrected chi connectivity index (χ2v) is 6.26. The van der Waals surface area contributed by atoms with Crippen molar-refractivity contribution in [1.82, 2.24) is 0 Å². The van der Waals surface area contributed by atoms with Crippen LogP contribution in [0.1, 0.15) is 32.6 Å². The van der Waals surface area contributed by atoms with Crippen LogP contribution in [0.15, 0.2) is 12.2 Å². The van der Waals surface area contributed by atoms with Gasteiger partial charge in [0.05, 0.1) is 13.2 Å². The minimum atomic E-state index is 0.157. The Kier molecular flexibility index (Phi) is 2.43. The van der Waals surface area contributed by atoms with Crippen LogP contribution in [0.2, 0.25) is 0 Å². The summed E-state index contributed by atoms with van der Waals surface area (Å²) in [5.74, 6) is 2.59. The molecule has 0 N–H and O–H groups in total. The van der Waals surface area contributed by atoms with Gasteiger partial charge in [0.25, 0.3) is 0 Å². The lowest BCUT2D eigenvalue weighted by atomic mass is 9.80. The lowest BCUT2D eigenvalue weighted by Crippen LogP contribution is -2.41. The fourth-order valence-corrected chi connectivity index (χ4v) is 3.52. The van der Waals surface area contributed by atoms with E-state index in [0.717, 1.165) is 32.0 Å². The maximum atomic E-state index is 12.0. The molecule has 3 atom stereocenters. The Labute approximate surface area is 97.1 Å². The molecule has 1 heterocycles. The Hall–Kier alpha value is -0.630. The number of carbonyl (C=O) groups is 1. The van der Waals surface area contributed by atoms with Crippen molar-refractivity contribution in [2.75, 3.05) is 13.2 Å². The Bertz CT molecular complexity index is 328. The zero-order chi connectivity index (χ0) is 11.2. The van der Waals surface area contributed by atoms with E-state index in [-0.39, 0.29) is 5.41 Å². The summed E-state index contributed by atoms with van der Waals surface area (Å²) in [7, 11) is 0. The smallest absolute Gasteiger partial charge is 0.133 e. The van der Waals surface area contributed by atoms with E-state index in [2.05, 4.69) is 19.1 Å². The first kappa shape index (κ1) is 10.5. The number of ether oxygens (including phenoxy) is 1. The van der Waals surface area contributed by atoms with Crippen molar-refractivity contribution in [2.24, 2.45) is 23.2 Å². The lowest BCUT2D eigenvalue weighted by Gasteiger charge is -2.37. The monoisotopic (exact) mass is 220 g/mol. The minimum Gasteiger partial charge on any atom is -0.380 e. The molecule has 1 saturated carbocycles. The van der Waals surface area contributed by atoms with Gasteiger partial charge in [-0.2, -0.15) is 0 Å². The molecule has 0 radical (unpaired) electrons. The number of allylic oxidation sites excluding steroid dienone is 2. The first-order valence-corrected chi connectivity index (χ1v) is 6.42. The highest BCUT2D eigenvalue weighted by Crippen LogP contribution is 2.45. The zero-order valence-corrected chi connectivity index (χ0v) is 9.95. The van der Waals surface area contributed by atoms with Gasteiger partial charge in [-0.1, -0.05) is 19.1 Å². The molecule has 16 heavy (non-hydrogen) atoms. The van der Waals surface area contributed by atoms with Gasteiger partial charge in [0.1, 0.15) is 5.78 Å². The van der Waals surface area contributed by atoms with E-state index in [4.69, 9.17) is 4.74 Å². The van der Waals surface area contributed by atoms with Crippen LogP contribution in [-0.2, 0) is 9.53 Å². The molecule has 2 fully saturated rings. The molecule has 88 valence electrons. The standard InChI is InChI=1S/C14H20O2/c1-14(8-16-9-14)7-13(15)6-12-5-10-2-3-11(12)4-10/h2-3,10-12H,4-9H2,1H3. The molecule has 0 amide bonds. The molecule has 0 aromatic rings. The summed E-state index contributed by atoms with van der Waals surface area (Å²) >= 11 is 0. The van der Waals surface area contributed by atoms with Gasteiger partial charge >= 0.3 is 0 Å². The van der Waals surface area contributed by atoms with Crippen molar-refractivity contribution in [3.8, 4) is 0 Å². The highest BCUT2D eigenvalue weighted by molar-refractivity contribution is 5.79. The number of Topliss-reactive ketones (excluding diaryl/α,β-unsaturated/α-hetero) is 1. The topological polar surface area (TPSA) is 26.3 Å². The first-order chi connectivity index (χ1) is 7.65. The van der Waals surface area contributed by atoms with Crippen LogP contribution in [0.3, 0.4) is 0 Å². The van der Waals surface area contributed by atoms with E-state index in [0.29, 0.717) is 17.6 Å². The van der Waals surface area contributed by atoms with Gasteiger partial charge in [-0.3, -0.25) is 4.79 Å². The van der Waals surface area contributed by atoms with Crippen LogP contribution in [-0.4, -0.2) is 19.0 Å². The molecule has 2 aliphatic carbocycles. The van der Waals surface area contributed by atoms with Gasteiger partial charge < -0.3 is 4.74 Å². The molecule has 0 aromatic heterocycles. The summed E-state index contributed by atoms with van der Waals surface area (Å²) in [6, 6.07) is 0. The van der Waals surface area contributed by atoms with Gasteiger partial charge in [-0.05, 0) is 30.6 Å². The fraction of sp³-hybridized carbons (Fsp3) is 0.786. The third-order valence-electron chi connectivity index (χ3n) is 4.43. The number of hydrogen-bond acceptors (Lipinski definition) is 2. The van der Waals surface area contributed by atoms with Crippen LogP contribution in [0.25, 0.3) is 0 Å². The van der Waals surface area contributed by atoms with Gasteiger partial charge in [-0.15, -0.1) is 0 Å². The fourth-order valence-electron chi connectivity index (χ4n) is 3.52. The minimum absolute atomic E-state index is 0.157. The van der Waals surface area contributed by atoms with Crippen LogP contribution in [0.4, 0.5) is 0 Å². The lowest BCUT2D eigenvalue weighted by molar-refractivity contribution is -0.137. The van der Waals surface area contributed by atoms with Gasteiger partial charge in [0.15, 0.2) is 0 Å². The Morgan fingerprint density at radius 1 is 1.38 bits per heavy atom. The largest absolute Gasteiger partial charge is 0.380 e. The summed E-state index contributed by atoms with van der Waals surface area (Å²) in [6.07, 6.45) is 8.76. The molecule has 2 nitrogen and oxygen atoms in total. The average molecular weight is 220 g/mol. The SMILES string of the molecule is CC1(CC(=O)CC2CC3C=CC2C3)COC1. The number of rotatable bonds is 4. The van der Waals surface area contributed by atoms with Crippen molar-refractivity contribution >= 4 is 5.78 Å². The molecule has 0 spiro atoms. The molecule has 1 aliphatic heterocycles. The molecule has 3 rings (SSSR count). The van der Waals surface area contributed by atoms with Gasteiger partial charge in [0.2, 0.25) is 0 Å². The van der Waals surface area contributed by atoms with Gasteiger partial charge in [-0.25, -0.2) is 0 Å². The van der Waals surface area contributed by atoms with E-state index >= 15 is 0 Å². The molecule has 2 heteroatoms. The van der Waals surface area contributed by atoms with Gasteiger partial charge in [0, 0.05) is 18.3 Å². The predicted octanol–water partition coefficient (Wildman–Crippen LogP) is 2.58. The summed E-state index contributed by atoms with van der Waals surface area (Å²) in [6.45, 7) is 3.71. The molecule has 0 aromatic carbocycles. The number of carbonyl (C=O) groups excluding carboxylic acids is 1. The number of hydrogen-bond donors (Lipinski definition) is 0. The van der Waals surface area contributed by atoms with Crippen LogP contribution >= 0.6 is 0 Å². The van der Waals surface area contributed by atoms with Crippen molar-refractivity contribution in [3.05, 3.63) is 12.2 Å². The number of fused-ring (bicyclic) bond motifs is 2. The second kappa shape index (κ2) is 3.69. The second-order valence-electron chi connectivity index (χ2n) is 6.26. The Balaban J connectivity index is 1.51. The van der Waals surface area contributed by atoms with Crippen molar-refractivity contribution in [3.63, 3.8) is 0 Å². The van der Waals surface area contributed by atoms with Crippen molar-refractivity contribution in [1.29, 1.82) is 0 Å². The maximum Gasteiger partial charge on any atom is 0.133 e. The predicted molar refractivity (Wildman–Crippen MR) is 62.0 cm³/mol. The number of ketones is 1. The van der Waals surface area contributed by atoms with Crippen molar-refractivity contribution in [2.45, 2.75) is 32.6 Å². The van der Waals surface area contributed by atoms with E-state index in [9.17, 15) is 4.79 Å². The molecule has 3 unspecified atom stereocenters. The van der Waals surface area contributed by atoms with Crippen LogP contribution in [0.5, 0.6) is 0 Å². The van der Waals surface area contributed by atoms with E-state index in [1.807, 2.05) is 0 Å². The quantitative estimate of drug-likeness (QED) is 0.681. The van der Waals surface area contributed by atoms with E-state index in [1.54, 1.807) is 0 Å².